The molecular formula is C17H15BrF2N2. The van der Waals surface area contributed by atoms with Crippen LogP contribution in [0.25, 0.3) is 10.9 Å². The molecule has 3 rings (SSSR count). The minimum Gasteiger partial charge on any atom is -0.357 e. The van der Waals surface area contributed by atoms with Gasteiger partial charge in [-0.15, -0.1) is 0 Å². The molecule has 2 nitrogen and oxygen atoms in total. The van der Waals surface area contributed by atoms with Crippen LogP contribution in [-0.4, -0.2) is 11.5 Å². The minimum absolute atomic E-state index is 0.290. The lowest BCUT2D eigenvalue weighted by Crippen LogP contribution is -2.22. The molecule has 0 aliphatic carbocycles. The topological polar surface area (TPSA) is 27.8 Å². The molecule has 5 heteroatoms. The lowest BCUT2D eigenvalue weighted by molar-refractivity contribution is 0.563. The van der Waals surface area contributed by atoms with E-state index in [0.29, 0.717) is 12.1 Å². The summed E-state index contributed by atoms with van der Waals surface area (Å²) < 4.78 is 28.0. The number of fused-ring (bicyclic) bond motifs is 1. The molecule has 0 aliphatic rings. The average Bonchev–Trinajstić information content (AvgIpc) is 2.86. The standard InChI is InChI=1S/C17H15BrF2N2/c1-2-21-17(11-6-13(19)9-14(20)7-11)16-8-10-5-12(18)3-4-15(10)22-16/h3-9,17,21-22H,2H2,1H3. The molecule has 0 spiro atoms. The molecule has 0 saturated carbocycles. The fourth-order valence-corrected chi connectivity index (χ4v) is 3.01. The van der Waals surface area contributed by atoms with Crippen molar-refractivity contribution in [2.24, 2.45) is 0 Å². The molecule has 0 aliphatic heterocycles. The number of rotatable bonds is 4. The minimum atomic E-state index is -0.572. The maximum atomic E-state index is 13.5. The number of aromatic amines is 1. The van der Waals surface area contributed by atoms with Gasteiger partial charge in [0.1, 0.15) is 11.6 Å². The molecule has 2 aromatic carbocycles. The lowest BCUT2D eigenvalue weighted by Gasteiger charge is -2.17. The molecule has 1 unspecified atom stereocenters. The highest BCUT2D eigenvalue weighted by atomic mass is 79.9. The Balaban J connectivity index is 2.08. The van der Waals surface area contributed by atoms with Gasteiger partial charge in [-0.1, -0.05) is 22.9 Å². The van der Waals surface area contributed by atoms with Gasteiger partial charge in [-0.05, 0) is 48.5 Å². The molecule has 3 aromatic rings. The number of benzene rings is 2. The van der Waals surface area contributed by atoms with Crippen molar-refractivity contribution in [2.45, 2.75) is 13.0 Å². The first-order valence-corrected chi connectivity index (χ1v) is 7.83. The Labute approximate surface area is 135 Å². The van der Waals surface area contributed by atoms with Crippen molar-refractivity contribution in [2.75, 3.05) is 6.54 Å². The van der Waals surface area contributed by atoms with E-state index >= 15 is 0 Å². The summed E-state index contributed by atoms with van der Waals surface area (Å²) in [4.78, 5) is 3.32. The molecule has 0 bridgehead atoms. The SMILES string of the molecule is CCNC(c1cc(F)cc(F)c1)c1cc2cc(Br)ccc2[nH]1. The van der Waals surface area contributed by atoms with Crippen molar-refractivity contribution in [3.8, 4) is 0 Å². The van der Waals surface area contributed by atoms with Crippen LogP contribution in [0.1, 0.15) is 24.2 Å². The van der Waals surface area contributed by atoms with Crippen molar-refractivity contribution in [3.05, 3.63) is 69.8 Å². The van der Waals surface area contributed by atoms with E-state index in [2.05, 4.69) is 26.2 Å². The number of hydrogen-bond donors (Lipinski definition) is 2. The normalized spacial score (nSPS) is 12.7. The fraction of sp³-hybridized carbons (Fsp3) is 0.176. The second kappa shape index (κ2) is 6.18. The van der Waals surface area contributed by atoms with Gasteiger partial charge in [0.05, 0.1) is 6.04 Å². The summed E-state index contributed by atoms with van der Waals surface area (Å²) in [5.74, 6) is -1.14. The Morgan fingerprint density at radius 1 is 1.09 bits per heavy atom. The Bertz CT molecular complexity index is 793. The molecule has 0 saturated heterocycles. The molecule has 1 heterocycles. The van der Waals surface area contributed by atoms with Crippen LogP contribution >= 0.6 is 15.9 Å². The first kappa shape index (κ1) is 15.2. The maximum absolute atomic E-state index is 13.5. The number of H-pyrrole nitrogens is 1. The van der Waals surface area contributed by atoms with Crippen molar-refractivity contribution in [1.82, 2.24) is 10.3 Å². The summed E-state index contributed by atoms with van der Waals surface area (Å²) in [6.07, 6.45) is 0. The fourth-order valence-electron chi connectivity index (χ4n) is 2.63. The monoisotopic (exact) mass is 364 g/mol. The Kier molecular flexibility index (Phi) is 4.27. The maximum Gasteiger partial charge on any atom is 0.126 e. The molecule has 1 aromatic heterocycles. The molecule has 114 valence electrons. The number of hydrogen-bond acceptors (Lipinski definition) is 1. The van der Waals surface area contributed by atoms with Gasteiger partial charge in [0.25, 0.3) is 0 Å². The van der Waals surface area contributed by atoms with Gasteiger partial charge in [-0.25, -0.2) is 8.78 Å². The third-order valence-electron chi connectivity index (χ3n) is 3.54. The largest absolute Gasteiger partial charge is 0.357 e. The van der Waals surface area contributed by atoms with E-state index in [4.69, 9.17) is 0 Å². The van der Waals surface area contributed by atoms with Crippen LogP contribution in [0.4, 0.5) is 8.78 Å². The Morgan fingerprint density at radius 3 is 2.50 bits per heavy atom. The van der Waals surface area contributed by atoms with E-state index in [9.17, 15) is 8.78 Å². The summed E-state index contributed by atoms with van der Waals surface area (Å²) in [5, 5.41) is 4.31. The van der Waals surface area contributed by atoms with Gasteiger partial charge >= 0.3 is 0 Å². The summed E-state index contributed by atoms with van der Waals surface area (Å²) in [6, 6.07) is 11.2. The van der Waals surface area contributed by atoms with Crippen LogP contribution in [0.2, 0.25) is 0 Å². The highest BCUT2D eigenvalue weighted by Crippen LogP contribution is 2.28. The molecule has 0 radical (unpaired) electrons. The van der Waals surface area contributed by atoms with Gasteiger partial charge in [0, 0.05) is 27.1 Å². The van der Waals surface area contributed by atoms with Crippen LogP contribution in [-0.2, 0) is 0 Å². The van der Waals surface area contributed by atoms with Crippen LogP contribution in [0.15, 0.2) is 46.9 Å². The van der Waals surface area contributed by atoms with Gasteiger partial charge in [0.15, 0.2) is 0 Å². The van der Waals surface area contributed by atoms with Crippen LogP contribution in [0.3, 0.4) is 0 Å². The van der Waals surface area contributed by atoms with E-state index in [1.807, 2.05) is 31.2 Å². The zero-order chi connectivity index (χ0) is 15.7. The average molecular weight is 365 g/mol. The van der Waals surface area contributed by atoms with Gasteiger partial charge in [0.2, 0.25) is 0 Å². The summed E-state index contributed by atoms with van der Waals surface area (Å²) in [7, 11) is 0. The Hall–Kier alpha value is -1.72. The second-order valence-corrected chi connectivity index (χ2v) is 6.07. The van der Waals surface area contributed by atoms with Crippen LogP contribution in [0, 0.1) is 11.6 Å². The Morgan fingerprint density at radius 2 is 1.82 bits per heavy atom. The van der Waals surface area contributed by atoms with E-state index in [0.717, 1.165) is 27.1 Å². The predicted molar refractivity (Wildman–Crippen MR) is 87.9 cm³/mol. The quantitative estimate of drug-likeness (QED) is 0.676. The third kappa shape index (κ3) is 3.05. The first-order valence-electron chi connectivity index (χ1n) is 7.04. The first-order chi connectivity index (χ1) is 10.6. The third-order valence-corrected chi connectivity index (χ3v) is 4.03. The molecule has 22 heavy (non-hydrogen) atoms. The van der Waals surface area contributed by atoms with Crippen molar-refractivity contribution in [3.63, 3.8) is 0 Å². The molecule has 0 amide bonds. The van der Waals surface area contributed by atoms with E-state index in [1.54, 1.807) is 0 Å². The van der Waals surface area contributed by atoms with Crippen molar-refractivity contribution in [1.29, 1.82) is 0 Å². The molecular weight excluding hydrogens is 350 g/mol. The van der Waals surface area contributed by atoms with Crippen molar-refractivity contribution < 1.29 is 8.78 Å². The van der Waals surface area contributed by atoms with E-state index in [1.165, 1.54) is 12.1 Å². The number of halogens is 3. The lowest BCUT2D eigenvalue weighted by atomic mass is 10.0. The highest BCUT2D eigenvalue weighted by molar-refractivity contribution is 9.10. The van der Waals surface area contributed by atoms with Crippen molar-refractivity contribution >= 4 is 26.8 Å². The van der Waals surface area contributed by atoms with E-state index in [-0.39, 0.29) is 6.04 Å². The van der Waals surface area contributed by atoms with E-state index < -0.39 is 11.6 Å². The van der Waals surface area contributed by atoms with Gasteiger partial charge in [-0.2, -0.15) is 0 Å². The molecule has 2 N–H and O–H groups in total. The number of aromatic nitrogens is 1. The number of nitrogens with one attached hydrogen (secondary N) is 2. The second-order valence-electron chi connectivity index (χ2n) is 5.15. The molecule has 1 atom stereocenters. The summed E-state index contributed by atoms with van der Waals surface area (Å²) in [6.45, 7) is 2.64. The van der Waals surface area contributed by atoms with Gasteiger partial charge in [-0.3, -0.25) is 0 Å². The molecule has 0 fully saturated rings. The summed E-state index contributed by atoms with van der Waals surface area (Å²) >= 11 is 3.44. The zero-order valence-corrected chi connectivity index (χ0v) is 13.5. The summed E-state index contributed by atoms with van der Waals surface area (Å²) in [5.41, 5.74) is 2.42. The van der Waals surface area contributed by atoms with Gasteiger partial charge < -0.3 is 10.3 Å². The predicted octanol–water partition coefficient (Wildman–Crippen LogP) is 4.91. The zero-order valence-electron chi connectivity index (χ0n) is 12.0. The smallest absolute Gasteiger partial charge is 0.126 e. The highest BCUT2D eigenvalue weighted by Gasteiger charge is 2.17. The van der Waals surface area contributed by atoms with Crippen LogP contribution < -0.4 is 5.32 Å². The van der Waals surface area contributed by atoms with Crippen LogP contribution in [0.5, 0.6) is 0 Å².